The van der Waals surface area contributed by atoms with Crippen LogP contribution in [0.25, 0.3) is 11.1 Å². The highest BCUT2D eigenvalue weighted by Gasteiger charge is 2.11. The van der Waals surface area contributed by atoms with Crippen LogP contribution in [-0.2, 0) is 0 Å². The van der Waals surface area contributed by atoms with Crippen molar-refractivity contribution in [3.63, 3.8) is 0 Å². The molecular weight excluding hydrogens is 242 g/mol. The van der Waals surface area contributed by atoms with Crippen molar-refractivity contribution in [1.82, 2.24) is 10.3 Å². The first-order valence-corrected chi connectivity index (χ1v) is 6.62. The molecule has 2 rings (SSSR count). The van der Waals surface area contributed by atoms with Crippen LogP contribution in [0.2, 0.25) is 0 Å². The summed E-state index contributed by atoms with van der Waals surface area (Å²) in [5, 5.41) is 3.22. The zero-order valence-electron chi connectivity index (χ0n) is 11.7. The van der Waals surface area contributed by atoms with Gasteiger partial charge in [-0.25, -0.2) is 4.79 Å². The Morgan fingerprint density at radius 2 is 2.26 bits per heavy atom. The molecule has 0 spiro atoms. The number of aromatic amines is 1. The molecule has 0 radical (unpaired) electrons. The third-order valence-electron chi connectivity index (χ3n) is 3.45. The second kappa shape index (κ2) is 5.93. The van der Waals surface area contributed by atoms with E-state index in [1.807, 2.05) is 25.2 Å². The number of aromatic nitrogens is 1. The van der Waals surface area contributed by atoms with E-state index < -0.39 is 5.76 Å². The summed E-state index contributed by atoms with van der Waals surface area (Å²) in [6.07, 6.45) is 1.13. The molecule has 1 atom stereocenters. The molecule has 1 aromatic heterocycles. The van der Waals surface area contributed by atoms with Gasteiger partial charge in [-0.1, -0.05) is 13.3 Å². The van der Waals surface area contributed by atoms with Crippen molar-refractivity contribution in [2.45, 2.75) is 13.3 Å². The van der Waals surface area contributed by atoms with Crippen molar-refractivity contribution in [3.8, 4) is 0 Å². The second-order valence-electron chi connectivity index (χ2n) is 4.91. The number of fused-ring (bicyclic) bond motifs is 1. The van der Waals surface area contributed by atoms with Gasteiger partial charge in [-0.15, -0.1) is 0 Å². The number of nitrogens with zero attached hydrogens (tertiary/aromatic N) is 1. The minimum Gasteiger partial charge on any atom is -0.408 e. The Balaban J connectivity index is 2.15. The number of H-pyrrole nitrogens is 1. The van der Waals surface area contributed by atoms with E-state index in [9.17, 15) is 4.79 Å². The SMILES string of the molecule is CCC(CNC)CN(C)c1ccc2[nH]c(=O)oc2c1. The number of benzene rings is 1. The molecular formula is C14H21N3O2. The van der Waals surface area contributed by atoms with Crippen molar-refractivity contribution >= 4 is 16.8 Å². The van der Waals surface area contributed by atoms with Gasteiger partial charge in [0.15, 0.2) is 5.58 Å². The molecule has 104 valence electrons. The van der Waals surface area contributed by atoms with E-state index >= 15 is 0 Å². The molecule has 5 nitrogen and oxygen atoms in total. The van der Waals surface area contributed by atoms with Gasteiger partial charge in [0.25, 0.3) is 0 Å². The van der Waals surface area contributed by atoms with Crippen molar-refractivity contribution in [1.29, 1.82) is 0 Å². The Labute approximate surface area is 112 Å². The molecule has 0 saturated heterocycles. The van der Waals surface area contributed by atoms with Crippen LogP contribution in [0.5, 0.6) is 0 Å². The van der Waals surface area contributed by atoms with E-state index in [0.717, 1.165) is 30.7 Å². The fourth-order valence-corrected chi connectivity index (χ4v) is 2.29. The van der Waals surface area contributed by atoms with Crippen molar-refractivity contribution in [2.75, 3.05) is 32.1 Å². The number of rotatable bonds is 6. The summed E-state index contributed by atoms with van der Waals surface area (Å²) in [7, 11) is 4.04. The molecule has 1 aromatic carbocycles. The summed E-state index contributed by atoms with van der Waals surface area (Å²) < 4.78 is 5.09. The molecule has 2 N–H and O–H groups in total. The summed E-state index contributed by atoms with van der Waals surface area (Å²) in [4.78, 5) is 16.0. The van der Waals surface area contributed by atoms with Gasteiger partial charge in [0, 0.05) is 25.3 Å². The van der Waals surface area contributed by atoms with Gasteiger partial charge < -0.3 is 14.6 Å². The Kier molecular flexibility index (Phi) is 4.27. The van der Waals surface area contributed by atoms with E-state index in [2.05, 4.69) is 29.2 Å². The molecule has 0 aliphatic rings. The quantitative estimate of drug-likeness (QED) is 0.834. The molecule has 0 amide bonds. The monoisotopic (exact) mass is 263 g/mol. The Bertz CT molecular complexity index is 588. The van der Waals surface area contributed by atoms with Gasteiger partial charge in [-0.3, -0.25) is 4.98 Å². The molecule has 1 unspecified atom stereocenters. The third kappa shape index (κ3) is 3.17. The molecule has 2 aromatic rings. The summed E-state index contributed by atoms with van der Waals surface area (Å²) in [5.74, 6) is 0.195. The largest absolute Gasteiger partial charge is 0.417 e. The van der Waals surface area contributed by atoms with Crippen LogP contribution in [0.3, 0.4) is 0 Å². The lowest BCUT2D eigenvalue weighted by molar-refractivity contribution is 0.484. The summed E-state index contributed by atoms with van der Waals surface area (Å²) in [6, 6.07) is 5.78. The average molecular weight is 263 g/mol. The lowest BCUT2D eigenvalue weighted by atomic mass is 10.1. The van der Waals surface area contributed by atoms with E-state index in [-0.39, 0.29) is 0 Å². The van der Waals surface area contributed by atoms with Gasteiger partial charge in [-0.05, 0) is 31.6 Å². The summed E-state index contributed by atoms with van der Waals surface area (Å²) in [6.45, 7) is 4.17. The molecule has 0 aliphatic carbocycles. The van der Waals surface area contributed by atoms with Crippen LogP contribution in [0, 0.1) is 5.92 Å². The number of anilines is 1. The number of nitrogens with one attached hydrogen (secondary N) is 2. The lowest BCUT2D eigenvalue weighted by Gasteiger charge is -2.24. The van der Waals surface area contributed by atoms with E-state index in [0.29, 0.717) is 11.5 Å². The smallest absolute Gasteiger partial charge is 0.408 e. The van der Waals surface area contributed by atoms with Gasteiger partial charge >= 0.3 is 5.76 Å². The van der Waals surface area contributed by atoms with Crippen molar-refractivity contribution in [2.24, 2.45) is 5.92 Å². The Morgan fingerprint density at radius 1 is 1.47 bits per heavy atom. The van der Waals surface area contributed by atoms with Crippen molar-refractivity contribution < 1.29 is 4.42 Å². The molecule has 0 fully saturated rings. The van der Waals surface area contributed by atoms with Crippen LogP contribution in [-0.4, -0.2) is 32.2 Å². The third-order valence-corrected chi connectivity index (χ3v) is 3.45. The Hall–Kier alpha value is -1.75. The van der Waals surface area contributed by atoms with Gasteiger partial charge in [0.05, 0.1) is 5.52 Å². The number of oxazole rings is 1. The first-order chi connectivity index (χ1) is 9.13. The molecule has 1 heterocycles. The average Bonchev–Trinajstić information content (AvgIpc) is 2.76. The zero-order valence-corrected chi connectivity index (χ0v) is 11.7. The fourth-order valence-electron chi connectivity index (χ4n) is 2.29. The highest BCUT2D eigenvalue weighted by Crippen LogP contribution is 2.20. The molecule has 0 bridgehead atoms. The topological polar surface area (TPSA) is 61.3 Å². The van der Waals surface area contributed by atoms with Crippen molar-refractivity contribution in [3.05, 3.63) is 28.7 Å². The molecule has 0 saturated carbocycles. The maximum Gasteiger partial charge on any atom is 0.417 e. The van der Waals surface area contributed by atoms with Gasteiger partial charge in [0.2, 0.25) is 0 Å². The maximum atomic E-state index is 11.1. The lowest BCUT2D eigenvalue weighted by Crippen LogP contribution is -2.30. The summed E-state index contributed by atoms with van der Waals surface area (Å²) >= 11 is 0. The zero-order chi connectivity index (χ0) is 13.8. The molecule has 5 heteroatoms. The highest BCUT2D eigenvalue weighted by molar-refractivity contribution is 5.76. The van der Waals surface area contributed by atoms with Crippen LogP contribution in [0.4, 0.5) is 5.69 Å². The molecule has 0 aliphatic heterocycles. The number of hydrogen-bond acceptors (Lipinski definition) is 4. The van der Waals surface area contributed by atoms with E-state index in [1.165, 1.54) is 0 Å². The minimum absolute atomic E-state index is 0.406. The van der Waals surface area contributed by atoms with Crippen LogP contribution < -0.4 is 16.0 Å². The first-order valence-electron chi connectivity index (χ1n) is 6.62. The second-order valence-corrected chi connectivity index (χ2v) is 4.91. The van der Waals surface area contributed by atoms with Gasteiger partial charge in [-0.2, -0.15) is 0 Å². The van der Waals surface area contributed by atoms with Crippen LogP contribution in [0.15, 0.2) is 27.4 Å². The maximum absolute atomic E-state index is 11.1. The normalized spacial score (nSPS) is 12.8. The predicted molar refractivity (Wildman–Crippen MR) is 77.8 cm³/mol. The summed E-state index contributed by atoms with van der Waals surface area (Å²) in [5.41, 5.74) is 2.41. The molecule has 19 heavy (non-hydrogen) atoms. The first kappa shape index (κ1) is 13.7. The van der Waals surface area contributed by atoms with Crippen LogP contribution in [0.1, 0.15) is 13.3 Å². The van der Waals surface area contributed by atoms with Gasteiger partial charge in [0.1, 0.15) is 0 Å². The standard InChI is InChI=1S/C14H21N3O2/c1-4-10(8-15-2)9-17(3)11-5-6-12-13(7-11)19-14(18)16-12/h5-7,10,15H,4,8-9H2,1-3H3,(H,16,18). The van der Waals surface area contributed by atoms with E-state index in [1.54, 1.807) is 0 Å². The number of hydrogen-bond donors (Lipinski definition) is 2. The predicted octanol–water partition coefficient (Wildman–Crippen LogP) is 1.80. The minimum atomic E-state index is -0.406. The highest BCUT2D eigenvalue weighted by atomic mass is 16.4. The fraction of sp³-hybridized carbons (Fsp3) is 0.500. The van der Waals surface area contributed by atoms with Crippen LogP contribution >= 0.6 is 0 Å². The van der Waals surface area contributed by atoms with E-state index in [4.69, 9.17) is 4.42 Å². The Morgan fingerprint density at radius 3 is 2.95 bits per heavy atom.